The Balaban J connectivity index is 2.05. The number of hydrogen-bond donors (Lipinski definition) is 1. The Kier molecular flexibility index (Phi) is 5.43. The van der Waals surface area contributed by atoms with Crippen molar-refractivity contribution in [2.24, 2.45) is 11.3 Å². The predicted molar refractivity (Wildman–Crippen MR) is 86.9 cm³/mol. The van der Waals surface area contributed by atoms with Gasteiger partial charge in [-0.1, -0.05) is 13.8 Å². The third kappa shape index (κ3) is 4.12. The molecule has 6 heteroatoms. The maximum atomic E-state index is 12.0. The molecule has 118 valence electrons. The van der Waals surface area contributed by atoms with Gasteiger partial charge < -0.3 is 5.32 Å². The van der Waals surface area contributed by atoms with Crippen molar-refractivity contribution in [2.45, 2.75) is 32.1 Å². The van der Waals surface area contributed by atoms with Crippen molar-refractivity contribution in [1.82, 2.24) is 10.2 Å². The predicted octanol–water partition coefficient (Wildman–Crippen LogP) is 1.43. The first kappa shape index (κ1) is 16.6. The van der Waals surface area contributed by atoms with Crippen LogP contribution in [0.3, 0.4) is 0 Å². The number of sulfone groups is 1. The smallest absolute Gasteiger partial charge is 0.164 e. The Hall–Kier alpha value is 0.220. The molecule has 2 fully saturated rings. The van der Waals surface area contributed by atoms with Crippen molar-refractivity contribution in [2.75, 3.05) is 43.9 Å². The standard InChI is InChI=1S/C14H28N2O2S2/c1-14(2,12-5-4-6-15-9-12)11-16-7-8-19-10-13(16)20(3,17)18/h12-13,15H,4-11H2,1-3H3. The number of nitrogens with one attached hydrogen (secondary N) is 1. The van der Waals surface area contributed by atoms with Crippen molar-refractivity contribution in [3.8, 4) is 0 Å². The minimum Gasteiger partial charge on any atom is -0.316 e. The highest BCUT2D eigenvalue weighted by molar-refractivity contribution is 8.00. The fourth-order valence-electron chi connectivity index (χ4n) is 3.36. The van der Waals surface area contributed by atoms with Gasteiger partial charge in [-0.15, -0.1) is 0 Å². The molecule has 2 atom stereocenters. The molecule has 2 aliphatic heterocycles. The molecule has 2 aliphatic rings. The van der Waals surface area contributed by atoms with Crippen LogP contribution >= 0.6 is 11.8 Å². The Labute approximate surface area is 128 Å². The summed E-state index contributed by atoms with van der Waals surface area (Å²) >= 11 is 1.76. The van der Waals surface area contributed by atoms with Crippen molar-refractivity contribution < 1.29 is 8.42 Å². The number of rotatable bonds is 4. The van der Waals surface area contributed by atoms with Crippen LogP contribution in [0.4, 0.5) is 0 Å². The molecule has 0 saturated carbocycles. The van der Waals surface area contributed by atoms with Crippen molar-refractivity contribution in [3.63, 3.8) is 0 Å². The molecule has 0 aromatic rings. The van der Waals surface area contributed by atoms with E-state index in [2.05, 4.69) is 24.1 Å². The molecule has 2 unspecified atom stereocenters. The minimum absolute atomic E-state index is 0.165. The summed E-state index contributed by atoms with van der Waals surface area (Å²) in [4.78, 5) is 2.21. The van der Waals surface area contributed by atoms with Crippen LogP contribution in [0, 0.1) is 11.3 Å². The van der Waals surface area contributed by atoms with Gasteiger partial charge in [0.2, 0.25) is 0 Å². The van der Waals surface area contributed by atoms with Crippen LogP contribution in [0.25, 0.3) is 0 Å². The summed E-state index contributed by atoms with van der Waals surface area (Å²) in [6.07, 6.45) is 3.87. The Morgan fingerprint density at radius 1 is 1.40 bits per heavy atom. The van der Waals surface area contributed by atoms with E-state index in [-0.39, 0.29) is 10.8 Å². The van der Waals surface area contributed by atoms with Crippen LogP contribution in [0.5, 0.6) is 0 Å². The van der Waals surface area contributed by atoms with E-state index < -0.39 is 9.84 Å². The van der Waals surface area contributed by atoms with Gasteiger partial charge in [0.25, 0.3) is 0 Å². The molecule has 1 N–H and O–H groups in total. The maximum Gasteiger partial charge on any atom is 0.164 e. The zero-order chi connectivity index (χ0) is 14.8. The average molecular weight is 321 g/mol. The summed E-state index contributed by atoms with van der Waals surface area (Å²) in [5.41, 5.74) is 0.165. The first-order chi connectivity index (χ1) is 9.31. The van der Waals surface area contributed by atoms with Crippen LogP contribution in [0.15, 0.2) is 0 Å². The van der Waals surface area contributed by atoms with Gasteiger partial charge in [0, 0.05) is 30.9 Å². The second-order valence-corrected chi connectivity index (χ2v) is 10.2. The number of piperidine rings is 1. The fourth-order valence-corrected chi connectivity index (χ4v) is 6.30. The molecule has 0 aliphatic carbocycles. The number of thioether (sulfide) groups is 1. The average Bonchev–Trinajstić information content (AvgIpc) is 2.39. The quantitative estimate of drug-likeness (QED) is 0.849. The molecular weight excluding hydrogens is 292 g/mol. The highest BCUT2D eigenvalue weighted by Gasteiger charge is 2.38. The molecule has 0 spiro atoms. The molecule has 0 bridgehead atoms. The van der Waals surface area contributed by atoms with Gasteiger partial charge in [-0.3, -0.25) is 4.90 Å². The van der Waals surface area contributed by atoms with Crippen molar-refractivity contribution >= 4 is 21.6 Å². The summed E-state index contributed by atoms with van der Waals surface area (Å²) < 4.78 is 24.0. The molecular formula is C14H28N2O2S2. The molecule has 20 heavy (non-hydrogen) atoms. The number of hydrogen-bond acceptors (Lipinski definition) is 5. The monoisotopic (exact) mass is 320 g/mol. The highest BCUT2D eigenvalue weighted by Crippen LogP contribution is 2.34. The zero-order valence-electron chi connectivity index (χ0n) is 12.9. The Morgan fingerprint density at radius 3 is 2.75 bits per heavy atom. The summed E-state index contributed by atoms with van der Waals surface area (Å²) in [5, 5.41) is 3.18. The Bertz CT molecular complexity index is 417. The van der Waals surface area contributed by atoms with Gasteiger partial charge in [-0.05, 0) is 37.3 Å². The summed E-state index contributed by atoms with van der Waals surface area (Å²) in [6, 6.07) is 0. The van der Waals surface area contributed by atoms with E-state index in [1.54, 1.807) is 11.8 Å². The molecule has 0 radical (unpaired) electrons. The van der Waals surface area contributed by atoms with Crippen LogP contribution < -0.4 is 5.32 Å². The lowest BCUT2D eigenvalue weighted by Gasteiger charge is -2.44. The molecule has 2 heterocycles. The van der Waals surface area contributed by atoms with Gasteiger partial charge in [0.1, 0.15) is 5.37 Å². The van der Waals surface area contributed by atoms with Crippen LogP contribution in [0.1, 0.15) is 26.7 Å². The van der Waals surface area contributed by atoms with E-state index in [9.17, 15) is 8.42 Å². The highest BCUT2D eigenvalue weighted by atomic mass is 32.2. The maximum absolute atomic E-state index is 12.0. The molecule has 2 rings (SSSR count). The van der Waals surface area contributed by atoms with E-state index in [1.165, 1.54) is 19.1 Å². The van der Waals surface area contributed by atoms with Crippen LogP contribution in [-0.2, 0) is 9.84 Å². The largest absolute Gasteiger partial charge is 0.316 e. The van der Waals surface area contributed by atoms with E-state index in [1.807, 2.05) is 0 Å². The SMILES string of the molecule is CC(C)(CN1CCSCC1S(C)(=O)=O)C1CCCNC1. The van der Waals surface area contributed by atoms with E-state index in [0.29, 0.717) is 5.92 Å². The lowest BCUT2D eigenvalue weighted by molar-refractivity contribution is 0.0982. The molecule has 0 aromatic carbocycles. The summed E-state index contributed by atoms with van der Waals surface area (Å²) in [7, 11) is -2.99. The van der Waals surface area contributed by atoms with Gasteiger partial charge in [0.15, 0.2) is 9.84 Å². The number of nitrogens with zero attached hydrogens (tertiary/aromatic N) is 1. The fraction of sp³-hybridized carbons (Fsp3) is 1.00. The van der Waals surface area contributed by atoms with Gasteiger partial charge in [-0.2, -0.15) is 11.8 Å². The second kappa shape index (κ2) is 6.55. The van der Waals surface area contributed by atoms with Crippen molar-refractivity contribution in [3.05, 3.63) is 0 Å². The Morgan fingerprint density at radius 2 is 2.15 bits per heavy atom. The summed E-state index contributed by atoms with van der Waals surface area (Å²) in [6.45, 7) is 8.57. The van der Waals surface area contributed by atoms with Gasteiger partial charge in [0.05, 0.1) is 0 Å². The lowest BCUT2D eigenvalue weighted by Crippen LogP contribution is -2.52. The van der Waals surface area contributed by atoms with Crippen LogP contribution in [0.2, 0.25) is 0 Å². The first-order valence-corrected chi connectivity index (χ1v) is 10.6. The molecule has 0 amide bonds. The normalized spacial score (nSPS) is 30.4. The third-order valence-electron chi connectivity index (χ3n) is 4.70. The molecule has 4 nitrogen and oxygen atoms in total. The van der Waals surface area contributed by atoms with Crippen molar-refractivity contribution in [1.29, 1.82) is 0 Å². The summed E-state index contributed by atoms with van der Waals surface area (Å²) in [5.74, 6) is 2.41. The van der Waals surface area contributed by atoms with E-state index in [0.717, 1.165) is 37.7 Å². The van der Waals surface area contributed by atoms with E-state index >= 15 is 0 Å². The van der Waals surface area contributed by atoms with Gasteiger partial charge >= 0.3 is 0 Å². The van der Waals surface area contributed by atoms with Crippen LogP contribution in [-0.4, -0.2) is 62.6 Å². The topological polar surface area (TPSA) is 49.4 Å². The first-order valence-electron chi connectivity index (χ1n) is 7.52. The second-order valence-electron chi connectivity index (χ2n) is 6.86. The lowest BCUT2D eigenvalue weighted by atomic mass is 9.74. The minimum atomic E-state index is -2.99. The van der Waals surface area contributed by atoms with Gasteiger partial charge in [-0.25, -0.2) is 8.42 Å². The molecule has 2 saturated heterocycles. The zero-order valence-corrected chi connectivity index (χ0v) is 14.5. The third-order valence-corrected chi connectivity index (χ3v) is 7.38. The molecule has 0 aromatic heterocycles. The van der Waals surface area contributed by atoms with E-state index in [4.69, 9.17) is 0 Å².